The van der Waals surface area contributed by atoms with Crippen molar-refractivity contribution in [2.24, 2.45) is 4.99 Å². The van der Waals surface area contributed by atoms with E-state index in [-0.39, 0.29) is 5.91 Å². The molecule has 1 spiro atoms. The maximum absolute atomic E-state index is 12.3. The van der Waals surface area contributed by atoms with Gasteiger partial charge in [0.05, 0.1) is 0 Å². The summed E-state index contributed by atoms with van der Waals surface area (Å²) in [4.78, 5) is 25.1. The molecule has 0 unspecified atom stereocenters. The smallest absolute Gasteiger partial charge is 0.254 e. The fourth-order valence-electron chi connectivity index (χ4n) is 2.82. The van der Waals surface area contributed by atoms with Gasteiger partial charge in [0, 0.05) is 27.2 Å². The molecule has 7 nitrogen and oxygen atoms in total. The van der Waals surface area contributed by atoms with Crippen LogP contribution in [0.5, 0.6) is 0 Å². The Bertz CT molecular complexity index is 667. The molecule has 1 aromatic rings. The van der Waals surface area contributed by atoms with Crippen molar-refractivity contribution in [2.75, 3.05) is 32.1 Å². The number of hydrogen-bond acceptors (Lipinski definition) is 6. The minimum atomic E-state index is -0.650. The zero-order valence-electron chi connectivity index (χ0n) is 12.7. The summed E-state index contributed by atoms with van der Waals surface area (Å²) in [6, 6.07) is 7.46. The van der Waals surface area contributed by atoms with Gasteiger partial charge < -0.3 is 9.80 Å². The van der Waals surface area contributed by atoms with Crippen LogP contribution in [0.25, 0.3) is 0 Å². The molecule has 3 heterocycles. The average Bonchev–Trinajstić information content (AvgIpc) is 2.85. The number of amides is 1. The lowest BCUT2D eigenvalue weighted by atomic mass is 9.88. The number of anilines is 1. The molecule has 0 atom stereocenters. The molecule has 0 saturated carbocycles. The van der Waals surface area contributed by atoms with Crippen molar-refractivity contribution in [3.05, 3.63) is 23.9 Å². The average molecular weight is 298 g/mol. The van der Waals surface area contributed by atoms with Gasteiger partial charge in [-0.05, 0) is 25.0 Å². The predicted octanol–water partition coefficient (Wildman–Crippen LogP) is 0.340. The summed E-state index contributed by atoms with van der Waals surface area (Å²) >= 11 is 0. The Hall–Kier alpha value is -2.62. The second-order valence-electron chi connectivity index (χ2n) is 5.80. The largest absolute Gasteiger partial charge is 0.356 e. The lowest BCUT2D eigenvalue weighted by Crippen LogP contribution is -2.49. The molecular formula is C15H18N6O. The lowest BCUT2D eigenvalue weighted by Gasteiger charge is -2.36. The number of nitriles is 1. The Morgan fingerprint density at radius 1 is 1.36 bits per heavy atom. The van der Waals surface area contributed by atoms with Crippen LogP contribution in [0.15, 0.2) is 23.2 Å². The van der Waals surface area contributed by atoms with Crippen LogP contribution in [0.1, 0.15) is 18.5 Å². The number of carbonyl (C=O) groups is 1. The highest BCUT2D eigenvalue weighted by Gasteiger charge is 2.46. The molecule has 1 aromatic heterocycles. The lowest BCUT2D eigenvalue weighted by molar-refractivity contribution is -0.124. The third-order valence-corrected chi connectivity index (χ3v) is 4.16. The Morgan fingerprint density at radius 2 is 2.09 bits per heavy atom. The van der Waals surface area contributed by atoms with E-state index in [2.05, 4.69) is 26.3 Å². The van der Waals surface area contributed by atoms with Gasteiger partial charge >= 0.3 is 0 Å². The van der Waals surface area contributed by atoms with E-state index < -0.39 is 5.54 Å². The van der Waals surface area contributed by atoms with Crippen molar-refractivity contribution in [3.8, 4) is 6.07 Å². The third kappa shape index (κ3) is 2.37. The second kappa shape index (κ2) is 5.30. The second-order valence-corrected chi connectivity index (χ2v) is 5.80. The van der Waals surface area contributed by atoms with E-state index in [9.17, 15) is 4.79 Å². The van der Waals surface area contributed by atoms with Crippen LogP contribution in [0.3, 0.4) is 0 Å². The Kier molecular flexibility index (Phi) is 3.45. The molecule has 1 amide bonds. The first-order valence-corrected chi connectivity index (χ1v) is 7.25. The van der Waals surface area contributed by atoms with Crippen molar-refractivity contribution >= 4 is 17.7 Å². The Labute approximate surface area is 129 Å². The number of hydrogen-bond donors (Lipinski definition) is 1. The van der Waals surface area contributed by atoms with Gasteiger partial charge in [-0.3, -0.25) is 10.1 Å². The number of piperidine rings is 1. The van der Waals surface area contributed by atoms with Crippen LogP contribution in [-0.2, 0) is 4.79 Å². The molecule has 0 aliphatic carbocycles. The number of nitrogens with one attached hydrogen (secondary N) is 1. The molecule has 0 aromatic carbocycles. The molecule has 1 fully saturated rings. The Balaban J connectivity index is 1.75. The van der Waals surface area contributed by atoms with Crippen LogP contribution >= 0.6 is 0 Å². The minimum Gasteiger partial charge on any atom is -0.356 e. The normalized spacial score (nSPS) is 19.6. The van der Waals surface area contributed by atoms with E-state index >= 15 is 0 Å². The molecule has 0 bridgehead atoms. The number of nitrogens with zero attached hydrogens (tertiary/aromatic N) is 5. The minimum absolute atomic E-state index is 0.0189. The molecule has 1 saturated heterocycles. The number of aromatic nitrogens is 1. The predicted molar refractivity (Wildman–Crippen MR) is 82.4 cm³/mol. The highest BCUT2D eigenvalue weighted by atomic mass is 16.2. The van der Waals surface area contributed by atoms with Crippen LogP contribution in [0.4, 0.5) is 5.82 Å². The summed E-state index contributed by atoms with van der Waals surface area (Å²) in [5.74, 6) is 1.39. The molecule has 3 rings (SSSR count). The van der Waals surface area contributed by atoms with Crippen LogP contribution in [-0.4, -0.2) is 54.5 Å². The van der Waals surface area contributed by atoms with Gasteiger partial charge in [-0.15, -0.1) is 0 Å². The van der Waals surface area contributed by atoms with Gasteiger partial charge in [-0.2, -0.15) is 5.26 Å². The Morgan fingerprint density at radius 3 is 2.68 bits per heavy atom. The van der Waals surface area contributed by atoms with Crippen molar-refractivity contribution < 1.29 is 4.79 Å². The van der Waals surface area contributed by atoms with Crippen LogP contribution in [0.2, 0.25) is 0 Å². The number of carbonyl (C=O) groups excluding carboxylic acids is 1. The molecule has 7 heteroatoms. The first-order valence-electron chi connectivity index (χ1n) is 7.25. The fourth-order valence-corrected chi connectivity index (χ4v) is 2.82. The van der Waals surface area contributed by atoms with Crippen molar-refractivity contribution in [1.29, 1.82) is 5.26 Å². The van der Waals surface area contributed by atoms with Gasteiger partial charge in [-0.1, -0.05) is 6.07 Å². The molecule has 114 valence electrons. The van der Waals surface area contributed by atoms with Crippen LogP contribution in [0, 0.1) is 11.3 Å². The fraction of sp³-hybridized carbons (Fsp3) is 0.467. The SMILES string of the molecule is CN(C)C1=NC2(CCN(c3cccc(C#N)n3)CC2)C(=O)N1. The molecule has 2 aliphatic heterocycles. The zero-order valence-corrected chi connectivity index (χ0v) is 12.7. The highest BCUT2D eigenvalue weighted by Crippen LogP contribution is 2.31. The molecule has 0 radical (unpaired) electrons. The van der Waals surface area contributed by atoms with E-state index in [1.807, 2.05) is 31.1 Å². The molecule has 1 N–H and O–H groups in total. The summed E-state index contributed by atoms with van der Waals surface area (Å²) in [6.45, 7) is 1.39. The number of pyridine rings is 1. The quantitative estimate of drug-likeness (QED) is 0.808. The monoisotopic (exact) mass is 298 g/mol. The first-order chi connectivity index (χ1) is 10.5. The standard InChI is InChI=1S/C15H18N6O/c1-20(2)14-18-13(22)15(19-14)6-8-21(9-7-15)12-5-3-4-11(10-16)17-12/h3-5H,6-9H2,1-2H3,(H,18,19,22). The summed E-state index contributed by atoms with van der Waals surface area (Å²) in [5.41, 5.74) is -0.243. The number of aliphatic imine (C=N–C) groups is 1. The summed E-state index contributed by atoms with van der Waals surface area (Å²) < 4.78 is 0. The van der Waals surface area contributed by atoms with E-state index in [0.717, 1.165) is 5.82 Å². The molecule has 22 heavy (non-hydrogen) atoms. The van der Waals surface area contributed by atoms with Gasteiger partial charge in [0.15, 0.2) is 0 Å². The van der Waals surface area contributed by atoms with E-state index in [0.29, 0.717) is 37.6 Å². The van der Waals surface area contributed by atoms with E-state index in [4.69, 9.17) is 5.26 Å². The zero-order chi connectivity index (χ0) is 15.7. The number of guanidine groups is 1. The summed E-state index contributed by atoms with van der Waals surface area (Å²) in [7, 11) is 3.73. The van der Waals surface area contributed by atoms with Crippen molar-refractivity contribution in [1.82, 2.24) is 15.2 Å². The first kappa shape index (κ1) is 14.3. The van der Waals surface area contributed by atoms with Crippen molar-refractivity contribution in [2.45, 2.75) is 18.4 Å². The maximum Gasteiger partial charge on any atom is 0.254 e. The maximum atomic E-state index is 12.3. The molecular weight excluding hydrogens is 280 g/mol. The van der Waals surface area contributed by atoms with E-state index in [1.54, 1.807) is 6.07 Å². The van der Waals surface area contributed by atoms with Crippen molar-refractivity contribution in [3.63, 3.8) is 0 Å². The summed E-state index contributed by atoms with van der Waals surface area (Å²) in [5, 5.41) is 11.8. The highest BCUT2D eigenvalue weighted by molar-refractivity contribution is 6.07. The van der Waals surface area contributed by atoms with E-state index in [1.165, 1.54) is 0 Å². The van der Waals surface area contributed by atoms with Gasteiger partial charge in [0.1, 0.15) is 23.1 Å². The van der Waals surface area contributed by atoms with Gasteiger partial charge in [0.25, 0.3) is 5.91 Å². The summed E-state index contributed by atoms with van der Waals surface area (Å²) in [6.07, 6.45) is 1.29. The topological polar surface area (TPSA) is 84.6 Å². The third-order valence-electron chi connectivity index (χ3n) is 4.16. The number of rotatable bonds is 1. The van der Waals surface area contributed by atoms with Crippen LogP contribution < -0.4 is 10.2 Å². The van der Waals surface area contributed by atoms with Gasteiger partial charge in [-0.25, -0.2) is 9.98 Å². The van der Waals surface area contributed by atoms with Gasteiger partial charge in [0.2, 0.25) is 5.96 Å². The molecule has 2 aliphatic rings.